The topological polar surface area (TPSA) is 64.3 Å². The molecule has 4 rings (SSSR count). The first kappa shape index (κ1) is 16.4. The maximum atomic E-state index is 6.03. The number of aromatic nitrogens is 4. The van der Waals surface area contributed by atoms with Gasteiger partial charge in [0.25, 0.3) is 0 Å². The van der Waals surface area contributed by atoms with Gasteiger partial charge in [-0.05, 0) is 35.9 Å². The van der Waals surface area contributed by atoms with Crippen LogP contribution in [0.1, 0.15) is 5.56 Å². The molecule has 1 aromatic carbocycles. The van der Waals surface area contributed by atoms with Crippen molar-refractivity contribution in [3.05, 3.63) is 71.6 Å². The number of benzene rings is 1. The number of fused-ring (bicyclic) bond motifs is 1. The van der Waals surface area contributed by atoms with Gasteiger partial charge in [-0.3, -0.25) is 4.98 Å². The molecule has 0 aliphatic heterocycles. The molecule has 0 fully saturated rings. The summed E-state index contributed by atoms with van der Waals surface area (Å²) in [5, 5.41) is 8.68. The Bertz CT molecular complexity index is 1060. The Kier molecular flexibility index (Phi) is 4.41. The van der Waals surface area contributed by atoms with Gasteiger partial charge in [-0.15, -0.1) is 5.10 Å². The Morgan fingerprint density at radius 1 is 1.12 bits per heavy atom. The van der Waals surface area contributed by atoms with Gasteiger partial charge in [-0.2, -0.15) is 0 Å². The molecule has 3 aromatic heterocycles. The van der Waals surface area contributed by atoms with Crippen LogP contribution in [0, 0.1) is 0 Å². The molecule has 0 unspecified atom stereocenters. The number of pyridine rings is 1. The second kappa shape index (κ2) is 7.01. The number of hydrogen-bond donors (Lipinski definition) is 1. The van der Waals surface area contributed by atoms with Crippen molar-refractivity contribution in [2.45, 2.75) is 6.54 Å². The van der Waals surface area contributed by atoms with Crippen LogP contribution in [0.4, 0.5) is 5.82 Å². The molecule has 0 saturated heterocycles. The summed E-state index contributed by atoms with van der Waals surface area (Å²) in [6.07, 6.45) is 5.21. The van der Waals surface area contributed by atoms with Crippen molar-refractivity contribution >= 4 is 23.1 Å². The maximum Gasteiger partial charge on any atom is 0.154 e. The summed E-state index contributed by atoms with van der Waals surface area (Å²) in [5.41, 5.74) is 3.58. The predicted octanol–water partition coefficient (Wildman–Crippen LogP) is 4.07. The number of halogens is 1. The molecule has 0 saturated carbocycles. The lowest BCUT2D eigenvalue weighted by Gasteiger charge is -2.08. The van der Waals surface area contributed by atoms with Gasteiger partial charge in [0, 0.05) is 23.3 Å². The summed E-state index contributed by atoms with van der Waals surface area (Å²) in [6.45, 7) is 0.629. The van der Waals surface area contributed by atoms with Crippen LogP contribution in [0.2, 0.25) is 5.02 Å². The Hall–Kier alpha value is -3.12. The molecule has 0 aliphatic rings. The first-order valence-electron chi connectivity index (χ1n) is 8.05. The highest BCUT2D eigenvalue weighted by Gasteiger charge is 2.09. The molecule has 4 aromatic rings. The monoisotopic (exact) mass is 365 g/mol. The molecule has 6 nitrogen and oxygen atoms in total. The third kappa shape index (κ3) is 3.32. The van der Waals surface area contributed by atoms with Crippen molar-refractivity contribution < 1.29 is 4.74 Å². The Morgan fingerprint density at radius 3 is 2.88 bits per heavy atom. The number of imidazole rings is 1. The van der Waals surface area contributed by atoms with Gasteiger partial charge in [0.2, 0.25) is 0 Å². The van der Waals surface area contributed by atoms with Crippen molar-refractivity contribution in [2.24, 2.45) is 0 Å². The van der Waals surface area contributed by atoms with E-state index in [2.05, 4.69) is 20.4 Å². The molecule has 0 bridgehead atoms. The van der Waals surface area contributed by atoms with Gasteiger partial charge in [-0.25, -0.2) is 9.50 Å². The van der Waals surface area contributed by atoms with Crippen LogP contribution >= 0.6 is 11.6 Å². The van der Waals surface area contributed by atoms with E-state index in [1.807, 2.05) is 42.5 Å². The summed E-state index contributed by atoms with van der Waals surface area (Å²) < 4.78 is 7.04. The molecule has 0 aliphatic carbocycles. The van der Waals surface area contributed by atoms with Crippen molar-refractivity contribution in [3.63, 3.8) is 0 Å². The maximum absolute atomic E-state index is 6.03. The van der Waals surface area contributed by atoms with E-state index in [-0.39, 0.29) is 0 Å². The average molecular weight is 366 g/mol. The highest BCUT2D eigenvalue weighted by atomic mass is 35.5. The molecule has 130 valence electrons. The number of methoxy groups -OCH3 is 1. The van der Waals surface area contributed by atoms with Crippen LogP contribution in [0.3, 0.4) is 0 Å². The third-order valence-corrected chi connectivity index (χ3v) is 4.20. The Balaban J connectivity index is 1.64. The van der Waals surface area contributed by atoms with Gasteiger partial charge >= 0.3 is 0 Å². The van der Waals surface area contributed by atoms with Crippen molar-refractivity contribution in [2.75, 3.05) is 12.4 Å². The highest BCUT2D eigenvalue weighted by molar-refractivity contribution is 6.30. The lowest BCUT2D eigenvalue weighted by molar-refractivity contribution is 0.413. The van der Waals surface area contributed by atoms with E-state index < -0.39 is 0 Å². The van der Waals surface area contributed by atoms with Crippen LogP contribution in [0.5, 0.6) is 5.75 Å². The minimum atomic E-state index is 0.629. The lowest BCUT2D eigenvalue weighted by Crippen LogP contribution is -2.04. The number of anilines is 1. The molecule has 26 heavy (non-hydrogen) atoms. The SMILES string of the molecule is COc1cncc(-c2cnc3ccc(NCc4cccc(Cl)c4)nn23)c1. The van der Waals surface area contributed by atoms with Crippen LogP contribution in [0.25, 0.3) is 16.9 Å². The fourth-order valence-corrected chi connectivity index (χ4v) is 2.89. The number of nitrogens with one attached hydrogen (secondary N) is 1. The van der Waals surface area contributed by atoms with Gasteiger partial charge in [-0.1, -0.05) is 23.7 Å². The molecule has 0 amide bonds. The summed E-state index contributed by atoms with van der Waals surface area (Å²) in [6, 6.07) is 13.5. The summed E-state index contributed by atoms with van der Waals surface area (Å²) in [7, 11) is 1.62. The second-order valence-electron chi connectivity index (χ2n) is 5.73. The van der Waals surface area contributed by atoms with E-state index in [0.29, 0.717) is 12.3 Å². The van der Waals surface area contributed by atoms with E-state index in [4.69, 9.17) is 16.3 Å². The minimum Gasteiger partial charge on any atom is -0.495 e. The summed E-state index contributed by atoms with van der Waals surface area (Å²) in [4.78, 5) is 8.61. The quantitative estimate of drug-likeness (QED) is 0.577. The van der Waals surface area contributed by atoms with Crippen molar-refractivity contribution in [1.29, 1.82) is 0 Å². The third-order valence-electron chi connectivity index (χ3n) is 3.97. The Morgan fingerprint density at radius 2 is 2.04 bits per heavy atom. The van der Waals surface area contributed by atoms with Crippen LogP contribution < -0.4 is 10.1 Å². The molecule has 7 heteroatoms. The zero-order valence-electron chi connectivity index (χ0n) is 14.1. The lowest BCUT2D eigenvalue weighted by atomic mass is 10.2. The van der Waals surface area contributed by atoms with E-state index in [9.17, 15) is 0 Å². The van der Waals surface area contributed by atoms with E-state index in [1.54, 1.807) is 30.2 Å². The molecular formula is C19H16ClN5O. The predicted molar refractivity (Wildman–Crippen MR) is 102 cm³/mol. The zero-order chi connectivity index (χ0) is 17.9. The molecule has 0 atom stereocenters. The summed E-state index contributed by atoms with van der Waals surface area (Å²) in [5.74, 6) is 1.43. The number of nitrogens with zero attached hydrogens (tertiary/aromatic N) is 4. The molecule has 0 radical (unpaired) electrons. The van der Waals surface area contributed by atoms with Gasteiger partial charge in [0.1, 0.15) is 11.6 Å². The van der Waals surface area contributed by atoms with Gasteiger partial charge in [0.05, 0.1) is 25.2 Å². The first-order chi connectivity index (χ1) is 12.7. The smallest absolute Gasteiger partial charge is 0.154 e. The van der Waals surface area contributed by atoms with Gasteiger partial charge < -0.3 is 10.1 Å². The molecular weight excluding hydrogens is 350 g/mol. The zero-order valence-corrected chi connectivity index (χ0v) is 14.8. The average Bonchev–Trinajstić information content (AvgIpc) is 3.10. The van der Waals surface area contributed by atoms with Crippen LogP contribution in [-0.4, -0.2) is 26.7 Å². The van der Waals surface area contributed by atoms with Crippen LogP contribution in [0.15, 0.2) is 61.1 Å². The number of hydrogen-bond acceptors (Lipinski definition) is 5. The highest BCUT2D eigenvalue weighted by Crippen LogP contribution is 2.23. The second-order valence-corrected chi connectivity index (χ2v) is 6.17. The van der Waals surface area contributed by atoms with E-state index in [1.165, 1.54) is 0 Å². The van der Waals surface area contributed by atoms with E-state index >= 15 is 0 Å². The fraction of sp³-hybridized carbons (Fsp3) is 0.105. The normalized spacial score (nSPS) is 10.8. The first-order valence-corrected chi connectivity index (χ1v) is 8.43. The number of ether oxygens (including phenoxy) is 1. The molecule has 0 spiro atoms. The van der Waals surface area contributed by atoms with Crippen molar-refractivity contribution in [3.8, 4) is 17.0 Å². The standard InChI is InChI=1S/C19H16ClN5O/c1-26-16-8-14(10-21-11-16)17-12-23-19-6-5-18(24-25(17)19)22-9-13-3-2-4-15(20)7-13/h2-8,10-12H,9H2,1H3,(H,22,24). The minimum absolute atomic E-state index is 0.629. The number of rotatable bonds is 5. The van der Waals surface area contributed by atoms with E-state index in [0.717, 1.165) is 33.3 Å². The molecule has 3 heterocycles. The fourth-order valence-electron chi connectivity index (χ4n) is 2.67. The van der Waals surface area contributed by atoms with Gasteiger partial charge in [0.15, 0.2) is 5.65 Å². The largest absolute Gasteiger partial charge is 0.495 e. The van der Waals surface area contributed by atoms with Crippen molar-refractivity contribution in [1.82, 2.24) is 19.6 Å². The summed E-state index contributed by atoms with van der Waals surface area (Å²) >= 11 is 6.03. The Labute approximate surface area is 155 Å². The van der Waals surface area contributed by atoms with Crippen LogP contribution in [-0.2, 0) is 6.54 Å². The molecule has 1 N–H and O–H groups in total.